The number of carbonyl (C=O) groups excluding carboxylic acids is 1. The van der Waals surface area contributed by atoms with Crippen LogP contribution in [0.25, 0.3) is 10.2 Å². The summed E-state index contributed by atoms with van der Waals surface area (Å²) in [5, 5.41) is 0.507. The fourth-order valence-corrected chi connectivity index (χ4v) is 3.03. The zero-order valence-electron chi connectivity index (χ0n) is 11.0. The Labute approximate surface area is 120 Å². The number of hydrogen-bond donors (Lipinski definition) is 1. The van der Waals surface area contributed by atoms with Gasteiger partial charge in [0.15, 0.2) is 5.13 Å². The normalized spacial score (nSPS) is 16.4. The molecule has 0 radical (unpaired) electrons. The van der Waals surface area contributed by atoms with Gasteiger partial charge < -0.3 is 15.2 Å². The van der Waals surface area contributed by atoms with E-state index in [9.17, 15) is 4.79 Å². The molecule has 2 N–H and O–H groups in total. The standard InChI is InChI=1S/C14H16N2O3S/c15-14-16-11-2-1-10(7-12(11)20-14)13(17)19-8-9-3-5-18-6-4-9/h1-2,7,9H,3-6,8H2,(H2,15,16). The van der Waals surface area contributed by atoms with E-state index >= 15 is 0 Å². The molecule has 0 bridgehead atoms. The molecule has 0 saturated carbocycles. The third-order valence-corrected chi connectivity index (χ3v) is 4.28. The van der Waals surface area contributed by atoms with Crippen LogP contribution in [0.5, 0.6) is 0 Å². The van der Waals surface area contributed by atoms with E-state index in [4.69, 9.17) is 15.2 Å². The Balaban J connectivity index is 1.65. The van der Waals surface area contributed by atoms with Gasteiger partial charge >= 0.3 is 5.97 Å². The Morgan fingerprint density at radius 2 is 2.25 bits per heavy atom. The minimum Gasteiger partial charge on any atom is -0.462 e. The van der Waals surface area contributed by atoms with Gasteiger partial charge in [0.05, 0.1) is 22.4 Å². The topological polar surface area (TPSA) is 74.4 Å². The molecule has 0 aliphatic carbocycles. The van der Waals surface area contributed by atoms with E-state index in [0.29, 0.717) is 23.2 Å². The van der Waals surface area contributed by atoms with Gasteiger partial charge in [0, 0.05) is 13.2 Å². The summed E-state index contributed by atoms with van der Waals surface area (Å²) in [5.74, 6) is 0.126. The molecule has 0 amide bonds. The maximum atomic E-state index is 12.0. The number of nitrogens with two attached hydrogens (primary N) is 1. The smallest absolute Gasteiger partial charge is 0.338 e. The summed E-state index contributed by atoms with van der Waals surface area (Å²) < 4.78 is 11.6. The summed E-state index contributed by atoms with van der Waals surface area (Å²) in [7, 11) is 0. The highest BCUT2D eigenvalue weighted by molar-refractivity contribution is 7.22. The lowest BCUT2D eigenvalue weighted by molar-refractivity contribution is 0.0186. The number of aromatic nitrogens is 1. The molecule has 0 atom stereocenters. The van der Waals surface area contributed by atoms with Crippen LogP contribution in [0.1, 0.15) is 23.2 Å². The first-order valence-corrected chi connectivity index (χ1v) is 7.45. The molecule has 3 rings (SSSR count). The average molecular weight is 292 g/mol. The highest BCUT2D eigenvalue weighted by atomic mass is 32.1. The SMILES string of the molecule is Nc1nc2ccc(C(=O)OCC3CCOCC3)cc2s1. The third kappa shape index (κ3) is 2.91. The molecule has 1 aliphatic heterocycles. The van der Waals surface area contributed by atoms with Crippen molar-refractivity contribution in [2.75, 3.05) is 25.6 Å². The first kappa shape index (κ1) is 13.3. The Hall–Kier alpha value is -1.66. The van der Waals surface area contributed by atoms with Gasteiger partial charge in [-0.15, -0.1) is 0 Å². The largest absolute Gasteiger partial charge is 0.462 e. The van der Waals surface area contributed by atoms with Crippen LogP contribution in [0.3, 0.4) is 0 Å². The van der Waals surface area contributed by atoms with Crippen LogP contribution in [0, 0.1) is 5.92 Å². The van der Waals surface area contributed by atoms with Gasteiger partial charge in [-0.3, -0.25) is 0 Å². The lowest BCUT2D eigenvalue weighted by atomic mass is 10.0. The Morgan fingerprint density at radius 1 is 1.45 bits per heavy atom. The second kappa shape index (κ2) is 5.76. The lowest BCUT2D eigenvalue weighted by Gasteiger charge is -2.21. The predicted octanol–water partition coefficient (Wildman–Crippen LogP) is 2.46. The molecule has 20 heavy (non-hydrogen) atoms. The predicted molar refractivity (Wildman–Crippen MR) is 77.9 cm³/mol. The number of anilines is 1. The molecule has 1 fully saturated rings. The molecular formula is C14H16N2O3S. The number of hydrogen-bond acceptors (Lipinski definition) is 6. The van der Waals surface area contributed by atoms with Crippen molar-refractivity contribution in [3.63, 3.8) is 0 Å². The number of rotatable bonds is 3. The summed E-state index contributed by atoms with van der Waals surface area (Å²) in [4.78, 5) is 16.2. The zero-order valence-corrected chi connectivity index (χ0v) is 11.8. The van der Waals surface area contributed by atoms with Crippen molar-refractivity contribution >= 4 is 32.7 Å². The molecule has 2 aromatic rings. The van der Waals surface area contributed by atoms with Crippen molar-refractivity contribution in [1.29, 1.82) is 0 Å². The van der Waals surface area contributed by atoms with Crippen LogP contribution in [0.2, 0.25) is 0 Å². The van der Waals surface area contributed by atoms with Crippen molar-refractivity contribution in [3.05, 3.63) is 23.8 Å². The number of benzene rings is 1. The first-order valence-electron chi connectivity index (χ1n) is 6.63. The summed E-state index contributed by atoms with van der Waals surface area (Å²) in [6.45, 7) is 1.98. The van der Waals surface area contributed by atoms with Crippen LogP contribution < -0.4 is 5.73 Å². The second-order valence-electron chi connectivity index (χ2n) is 4.89. The minimum atomic E-state index is -0.287. The van der Waals surface area contributed by atoms with E-state index in [-0.39, 0.29) is 5.97 Å². The van der Waals surface area contributed by atoms with E-state index in [1.165, 1.54) is 11.3 Å². The van der Waals surface area contributed by atoms with Gasteiger partial charge in [-0.05, 0) is 37.0 Å². The van der Waals surface area contributed by atoms with Crippen LogP contribution >= 0.6 is 11.3 Å². The third-order valence-electron chi connectivity index (χ3n) is 3.43. The van der Waals surface area contributed by atoms with Crippen LogP contribution in [0.15, 0.2) is 18.2 Å². The number of esters is 1. The number of thiazole rings is 1. The maximum Gasteiger partial charge on any atom is 0.338 e. The molecule has 1 aromatic carbocycles. The molecule has 1 aliphatic rings. The van der Waals surface area contributed by atoms with Crippen LogP contribution in [-0.4, -0.2) is 30.8 Å². The molecular weight excluding hydrogens is 276 g/mol. The molecule has 5 nitrogen and oxygen atoms in total. The fraction of sp³-hybridized carbons (Fsp3) is 0.429. The van der Waals surface area contributed by atoms with Gasteiger partial charge in [-0.2, -0.15) is 0 Å². The van der Waals surface area contributed by atoms with Gasteiger partial charge in [0.2, 0.25) is 0 Å². The molecule has 1 aromatic heterocycles. The van der Waals surface area contributed by atoms with Crippen molar-refractivity contribution < 1.29 is 14.3 Å². The molecule has 0 spiro atoms. The van der Waals surface area contributed by atoms with Crippen molar-refractivity contribution in [2.24, 2.45) is 5.92 Å². The Bertz CT molecular complexity index is 620. The number of fused-ring (bicyclic) bond motifs is 1. The number of ether oxygens (including phenoxy) is 2. The molecule has 1 saturated heterocycles. The van der Waals surface area contributed by atoms with Crippen molar-refractivity contribution in [2.45, 2.75) is 12.8 Å². The Kier molecular flexibility index (Phi) is 3.84. The van der Waals surface area contributed by atoms with Gasteiger partial charge in [0.25, 0.3) is 0 Å². The fourth-order valence-electron chi connectivity index (χ4n) is 2.26. The molecule has 6 heteroatoms. The molecule has 106 valence electrons. The van der Waals surface area contributed by atoms with E-state index in [1.807, 2.05) is 0 Å². The van der Waals surface area contributed by atoms with E-state index in [1.54, 1.807) is 18.2 Å². The monoisotopic (exact) mass is 292 g/mol. The minimum absolute atomic E-state index is 0.287. The van der Waals surface area contributed by atoms with E-state index in [2.05, 4.69) is 4.98 Å². The van der Waals surface area contributed by atoms with Gasteiger partial charge in [0.1, 0.15) is 0 Å². The van der Waals surface area contributed by atoms with Crippen molar-refractivity contribution in [3.8, 4) is 0 Å². The van der Waals surface area contributed by atoms with E-state index < -0.39 is 0 Å². The number of nitrogen functional groups attached to an aromatic ring is 1. The molecule has 0 unspecified atom stereocenters. The van der Waals surface area contributed by atoms with Gasteiger partial charge in [-0.25, -0.2) is 9.78 Å². The highest BCUT2D eigenvalue weighted by Gasteiger charge is 2.17. The van der Waals surface area contributed by atoms with Gasteiger partial charge in [-0.1, -0.05) is 11.3 Å². The molecule has 2 heterocycles. The van der Waals surface area contributed by atoms with E-state index in [0.717, 1.165) is 36.3 Å². The lowest BCUT2D eigenvalue weighted by Crippen LogP contribution is -2.21. The maximum absolute atomic E-state index is 12.0. The number of carbonyl (C=O) groups is 1. The summed E-state index contributed by atoms with van der Waals surface area (Å²) in [6.07, 6.45) is 1.91. The van der Waals surface area contributed by atoms with Crippen LogP contribution in [0.4, 0.5) is 5.13 Å². The Morgan fingerprint density at radius 3 is 3.05 bits per heavy atom. The van der Waals surface area contributed by atoms with Crippen molar-refractivity contribution in [1.82, 2.24) is 4.98 Å². The van der Waals surface area contributed by atoms with Crippen LogP contribution in [-0.2, 0) is 9.47 Å². The highest BCUT2D eigenvalue weighted by Crippen LogP contribution is 2.25. The average Bonchev–Trinajstić information content (AvgIpc) is 2.85. The first-order chi connectivity index (χ1) is 9.72. The summed E-state index contributed by atoms with van der Waals surface area (Å²) in [6, 6.07) is 5.32. The summed E-state index contributed by atoms with van der Waals surface area (Å²) >= 11 is 1.37. The summed E-state index contributed by atoms with van der Waals surface area (Å²) in [5.41, 5.74) is 7.01. The second-order valence-corrected chi connectivity index (χ2v) is 5.95. The number of nitrogens with zero attached hydrogens (tertiary/aromatic N) is 1. The zero-order chi connectivity index (χ0) is 13.9. The quantitative estimate of drug-likeness (QED) is 0.880.